The second-order valence-electron chi connectivity index (χ2n) is 5.15. The Hall–Kier alpha value is -2.31. The maximum Gasteiger partial charge on any atom is 0.0645 e. The number of hydrogen-bond donors (Lipinski definition) is 0. The molecule has 0 amide bonds. The molecule has 0 saturated carbocycles. The van der Waals surface area contributed by atoms with Crippen LogP contribution >= 0.6 is 0 Å². The first-order chi connectivity index (χ1) is 10.4. The van der Waals surface area contributed by atoms with Crippen molar-refractivity contribution < 1.29 is 0 Å². The highest BCUT2D eigenvalue weighted by Crippen LogP contribution is 2.22. The lowest BCUT2D eigenvalue weighted by Gasteiger charge is -2.23. The fourth-order valence-electron chi connectivity index (χ4n) is 2.52. The molecule has 0 atom stereocenters. The van der Waals surface area contributed by atoms with Gasteiger partial charge in [0.15, 0.2) is 0 Å². The minimum atomic E-state index is 0.865. The van der Waals surface area contributed by atoms with Crippen LogP contribution in [0.4, 0.5) is 0 Å². The van der Waals surface area contributed by atoms with Gasteiger partial charge in [0.1, 0.15) is 0 Å². The summed E-state index contributed by atoms with van der Waals surface area (Å²) in [5.74, 6) is 6.08. The minimum Gasteiger partial charge on any atom is -0.288 e. The van der Waals surface area contributed by atoms with Gasteiger partial charge in [0.2, 0.25) is 0 Å². The molecule has 0 N–H and O–H groups in total. The lowest BCUT2D eigenvalue weighted by molar-refractivity contribution is 0.339. The summed E-state index contributed by atoms with van der Waals surface area (Å²) in [5.41, 5.74) is 3.71. The second-order valence-corrected chi connectivity index (χ2v) is 5.15. The minimum absolute atomic E-state index is 0.865. The number of nitrogens with zero attached hydrogens (tertiary/aromatic N) is 3. The first-order valence-corrected chi connectivity index (χ1v) is 7.28. The van der Waals surface area contributed by atoms with E-state index in [0.717, 1.165) is 31.7 Å². The number of rotatable bonds is 3. The third kappa shape index (κ3) is 3.24. The van der Waals surface area contributed by atoms with Crippen LogP contribution in [0.2, 0.25) is 0 Å². The van der Waals surface area contributed by atoms with E-state index in [1.54, 1.807) is 0 Å². The second kappa shape index (κ2) is 6.43. The molecule has 1 aromatic heterocycles. The van der Waals surface area contributed by atoms with E-state index in [0.29, 0.717) is 0 Å². The number of hydrogen-bond acceptors (Lipinski definition) is 2. The molecule has 3 rings (SSSR count). The molecule has 21 heavy (non-hydrogen) atoms. The Balaban J connectivity index is 1.72. The van der Waals surface area contributed by atoms with E-state index >= 15 is 0 Å². The molecule has 1 aliphatic rings. The van der Waals surface area contributed by atoms with Gasteiger partial charge in [-0.2, -0.15) is 5.10 Å². The Labute approximate surface area is 125 Å². The summed E-state index contributed by atoms with van der Waals surface area (Å²) in [7, 11) is 0. The molecule has 2 aromatic rings. The molecule has 0 spiro atoms. The van der Waals surface area contributed by atoms with Crippen molar-refractivity contribution in [2.45, 2.75) is 13.3 Å². The van der Waals surface area contributed by atoms with Crippen molar-refractivity contribution in [2.75, 3.05) is 19.6 Å². The van der Waals surface area contributed by atoms with E-state index in [-0.39, 0.29) is 0 Å². The Morgan fingerprint density at radius 1 is 1.24 bits per heavy atom. The molecule has 2 heterocycles. The van der Waals surface area contributed by atoms with Gasteiger partial charge in [-0.25, -0.2) is 4.68 Å². The van der Waals surface area contributed by atoms with E-state index in [4.69, 9.17) is 0 Å². The predicted molar refractivity (Wildman–Crippen MR) is 86.0 cm³/mol. The van der Waals surface area contributed by atoms with Crippen LogP contribution in [0.25, 0.3) is 11.3 Å². The smallest absolute Gasteiger partial charge is 0.0645 e. The lowest BCUT2D eigenvalue weighted by atomic mass is 10.0. The number of para-hydroxylation sites is 1. The van der Waals surface area contributed by atoms with Gasteiger partial charge < -0.3 is 0 Å². The summed E-state index contributed by atoms with van der Waals surface area (Å²) < 4.78 is 1.94. The summed E-state index contributed by atoms with van der Waals surface area (Å²) in [6.45, 7) is 4.80. The first kappa shape index (κ1) is 13.7. The maximum absolute atomic E-state index is 4.47. The summed E-state index contributed by atoms with van der Waals surface area (Å²) in [4.78, 5) is 2.36. The topological polar surface area (TPSA) is 21.1 Å². The average Bonchev–Trinajstić information content (AvgIpc) is 3.04. The number of benzene rings is 1. The summed E-state index contributed by atoms with van der Waals surface area (Å²) in [6, 6.07) is 10.2. The molecule has 106 valence electrons. The van der Waals surface area contributed by atoms with Crippen molar-refractivity contribution in [1.82, 2.24) is 14.7 Å². The van der Waals surface area contributed by atoms with Crippen molar-refractivity contribution in [2.24, 2.45) is 0 Å². The average molecular weight is 277 g/mol. The molecule has 0 fully saturated rings. The lowest BCUT2D eigenvalue weighted by Crippen LogP contribution is -2.28. The van der Waals surface area contributed by atoms with Crippen LogP contribution in [0.3, 0.4) is 0 Å². The molecule has 1 aromatic carbocycles. The van der Waals surface area contributed by atoms with E-state index in [2.05, 4.69) is 46.2 Å². The summed E-state index contributed by atoms with van der Waals surface area (Å²) in [5, 5.41) is 4.47. The molecular formula is C18H19N3. The molecule has 1 aliphatic heterocycles. The van der Waals surface area contributed by atoms with Gasteiger partial charge in [-0.15, -0.1) is 5.92 Å². The van der Waals surface area contributed by atoms with Gasteiger partial charge in [-0.3, -0.25) is 4.90 Å². The normalized spacial score (nSPS) is 15.2. The summed E-state index contributed by atoms with van der Waals surface area (Å²) in [6.07, 6.45) is 7.43. The van der Waals surface area contributed by atoms with Crippen LogP contribution in [-0.2, 0) is 0 Å². The van der Waals surface area contributed by atoms with Gasteiger partial charge in [0.25, 0.3) is 0 Å². The predicted octanol–water partition coefficient (Wildman–Crippen LogP) is 2.98. The van der Waals surface area contributed by atoms with Crippen molar-refractivity contribution in [3.8, 4) is 17.5 Å². The molecule has 3 nitrogen and oxygen atoms in total. The highest BCUT2D eigenvalue weighted by molar-refractivity contribution is 5.65. The first-order valence-electron chi connectivity index (χ1n) is 7.28. The number of aromatic nitrogens is 2. The Morgan fingerprint density at radius 2 is 2.10 bits per heavy atom. The van der Waals surface area contributed by atoms with Crippen LogP contribution in [0.5, 0.6) is 0 Å². The third-order valence-electron chi connectivity index (χ3n) is 3.75. The van der Waals surface area contributed by atoms with Crippen LogP contribution < -0.4 is 0 Å². The van der Waals surface area contributed by atoms with Gasteiger partial charge in [-0.1, -0.05) is 30.2 Å². The monoisotopic (exact) mass is 277 g/mol. The van der Waals surface area contributed by atoms with Crippen molar-refractivity contribution in [3.63, 3.8) is 0 Å². The molecule has 0 radical (unpaired) electrons. The Bertz CT molecular complexity index is 686. The zero-order chi connectivity index (χ0) is 14.5. The van der Waals surface area contributed by atoms with Gasteiger partial charge in [-0.05, 0) is 31.1 Å². The van der Waals surface area contributed by atoms with Crippen LogP contribution in [0.1, 0.15) is 18.9 Å². The Kier molecular flexibility index (Phi) is 4.18. The molecule has 0 unspecified atom stereocenters. The SMILES string of the molecule is CC#CCN1CC=C(c2cnn(-c3ccccc3)c2)CC1. The zero-order valence-corrected chi connectivity index (χ0v) is 12.3. The molecule has 0 aliphatic carbocycles. The highest BCUT2D eigenvalue weighted by atomic mass is 15.3. The van der Waals surface area contributed by atoms with Gasteiger partial charge in [0, 0.05) is 24.8 Å². The van der Waals surface area contributed by atoms with Crippen LogP contribution in [-0.4, -0.2) is 34.3 Å². The fourth-order valence-corrected chi connectivity index (χ4v) is 2.52. The molecular weight excluding hydrogens is 258 g/mol. The van der Waals surface area contributed by atoms with Gasteiger partial charge in [0.05, 0.1) is 18.4 Å². The summed E-state index contributed by atoms with van der Waals surface area (Å²) >= 11 is 0. The molecule has 0 bridgehead atoms. The van der Waals surface area contributed by atoms with Gasteiger partial charge >= 0.3 is 0 Å². The van der Waals surface area contributed by atoms with E-state index in [1.165, 1.54) is 11.1 Å². The molecule has 0 saturated heterocycles. The van der Waals surface area contributed by atoms with E-state index < -0.39 is 0 Å². The maximum atomic E-state index is 4.47. The van der Waals surface area contributed by atoms with Crippen LogP contribution in [0, 0.1) is 11.8 Å². The fraction of sp³-hybridized carbons (Fsp3) is 0.278. The van der Waals surface area contributed by atoms with E-state index in [1.807, 2.05) is 36.0 Å². The van der Waals surface area contributed by atoms with E-state index in [9.17, 15) is 0 Å². The van der Waals surface area contributed by atoms with Crippen LogP contribution in [0.15, 0.2) is 48.8 Å². The standard InChI is InChI=1S/C18H19N3/c1-2-3-11-20-12-9-16(10-13-20)17-14-19-21(15-17)18-7-5-4-6-8-18/h4-9,14-15H,10-13H2,1H3. The molecule has 3 heteroatoms. The van der Waals surface area contributed by atoms with Crippen molar-refractivity contribution >= 4 is 5.57 Å². The largest absolute Gasteiger partial charge is 0.288 e. The van der Waals surface area contributed by atoms with Crippen molar-refractivity contribution in [3.05, 3.63) is 54.4 Å². The third-order valence-corrected chi connectivity index (χ3v) is 3.75. The zero-order valence-electron chi connectivity index (χ0n) is 12.3. The van der Waals surface area contributed by atoms with Crippen molar-refractivity contribution in [1.29, 1.82) is 0 Å². The highest BCUT2D eigenvalue weighted by Gasteiger charge is 2.13. The quantitative estimate of drug-likeness (QED) is 0.804. The Morgan fingerprint density at radius 3 is 2.81 bits per heavy atom.